The molecule has 136 valence electrons. The van der Waals surface area contributed by atoms with Gasteiger partial charge in [0.15, 0.2) is 0 Å². The van der Waals surface area contributed by atoms with Crippen LogP contribution in [0.2, 0.25) is 0 Å². The fourth-order valence-electron chi connectivity index (χ4n) is 3.89. The van der Waals surface area contributed by atoms with Crippen molar-refractivity contribution < 1.29 is 9.59 Å². The Morgan fingerprint density at radius 3 is 2.65 bits per heavy atom. The number of amides is 2. The van der Waals surface area contributed by atoms with Crippen LogP contribution in [0.15, 0.2) is 47.8 Å². The van der Waals surface area contributed by atoms with E-state index in [1.165, 1.54) is 5.56 Å². The van der Waals surface area contributed by atoms with Crippen molar-refractivity contribution in [3.63, 3.8) is 0 Å². The summed E-state index contributed by atoms with van der Waals surface area (Å²) in [4.78, 5) is 28.2. The molecule has 1 aliphatic heterocycles. The molecule has 1 atom stereocenters. The summed E-state index contributed by atoms with van der Waals surface area (Å²) in [5.74, 6) is 0.0681. The van der Waals surface area contributed by atoms with Gasteiger partial charge in [-0.05, 0) is 42.7 Å². The maximum Gasteiger partial charge on any atom is 0.242 e. The van der Waals surface area contributed by atoms with Gasteiger partial charge in [-0.3, -0.25) is 9.59 Å². The van der Waals surface area contributed by atoms with Crippen molar-refractivity contribution in [2.75, 3.05) is 13.1 Å². The van der Waals surface area contributed by atoms with Gasteiger partial charge in [-0.1, -0.05) is 36.4 Å². The fraction of sp³-hybridized carbons (Fsp3) is 0.429. The fourth-order valence-corrected chi connectivity index (χ4v) is 4.58. The molecule has 2 aromatic rings. The number of thiophene rings is 1. The number of nitrogens with zero attached hydrogens (tertiary/aromatic N) is 1. The summed E-state index contributed by atoms with van der Waals surface area (Å²) in [6.45, 7) is 1.35. The van der Waals surface area contributed by atoms with Crippen molar-refractivity contribution in [3.05, 3.63) is 58.3 Å². The molecule has 1 saturated carbocycles. The highest BCUT2D eigenvalue weighted by Crippen LogP contribution is 2.47. The molecule has 4 nitrogen and oxygen atoms in total. The molecule has 1 aliphatic carbocycles. The minimum absolute atomic E-state index is 0.00392. The van der Waals surface area contributed by atoms with Gasteiger partial charge in [0.05, 0.1) is 6.42 Å². The zero-order chi connectivity index (χ0) is 18.0. The van der Waals surface area contributed by atoms with Crippen molar-refractivity contribution in [1.29, 1.82) is 0 Å². The molecule has 2 fully saturated rings. The number of carbonyl (C=O) groups excluding carboxylic acids is 2. The van der Waals surface area contributed by atoms with E-state index in [0.717, 1.165) is 30.6 Å². The first kappa shape index (κ1) is 17.3. The van der Waals surface area contributed by atoms with E-state index in [9.17, 15) is 9.59 Å². The average molecular weight is 369 g/mol. The molecule has 0 bridgehead atoms. The van der Waals surface area contributed by atoms with Crippen LogP contribution in [0.4, 0.5) is 0 Å². The van der Waals surface area contributed by atoms with E-state index < -0.39 is 0 Å². The van der Waals surface area contributed by atoms with E-state index in [1.54, 1.807) is 16.2 Å². The second-order valence-corrected chi connectivity index (χ2v) is 8.40. The van der Waals surface area contributed by atoms with Crippen LogP contribution in [-0.2, 0) is 21.4 Å². The van der Waals surface area contributed by atoms with Crippen LogP contribution < -0.4 is 5.32 Å². The molecule has 1 saturated heterocycles. The standard InChI is InChI=1S/C21H24N2O2S/c24-19(14-17-8-5-13-26-17)23-12-4-9-18(23)20(25)22-15-21(10-11-21)16-6-2-1-3-7-16/h1-3,5-8,13,18H,4,9-12,14-15H2,(H,22,25). The monoisotopic (exact) mass is 368 g/mol. The molecule has 0 spiro atoms. The lowest BCUT2D eigenvalue weighted by Gasteiger charge is -2.25. The van der Waals surface area contributed by atoms with Crippen molar-refractivity contribution in [2.24, 2.45) is 0 Å². The normalized spacial score (nSPS) is 20.8. The van der Waals surface area contributed by atoms with Crippen LogP contribution in [0.3, 0.4) is 0 Å². The SMILES string of the molecule is O=C(NCC1(c2ccccc2)CC1)C1CCCN1C(=O)Cc1cccs1. The number of benzene rings is 1. The summed E-state index contributed by atoms with van der Waals surface area (Å²) in [5.41, 5.74) is 1.40. The topological polar surface area (TPSA) is 49.4 Å². The molecule has 2 heterocycles. The zero-order valence-electron chi connectivity index (χ0n) is 14.8. The lowest BCUT2D eigenvalue weighted by atomic mass is 9.96. The van der Waals surface area contributed by atoms with Crippen LogP contribution in [0.5, 0.6) is 0 Å². The maximum atomic E-state index is 12.8. The summed E-state index contributed by atoms with van der Waals surface area (Å²) in [6.07, 6.45) is 4.29. The molecule has 0 radical (unpaired) electrons. The van der Waals surface area contributed by atoms with Gasteiger partial charge < -0.3 is 10.2 Å². The Morgan fingerprint density at radius 2 is 1.96 bits per heavy atom. The lowest BCUT2D eigenvalue weighted by molar-refractivity contribution is -0.137. The van der Waals surface area contributed by atoms with Crippen LogP contribution in [0.1, 0.15) is 36.1 Å². The molecule has 4 rings (SSSR count). The van der Waals surface area contributed by atoms with Gasteiger partial charge in [-0.2, -0.15) is 0 Å². The predicted octanol–water partition coefficient (Wildman–Crippen LogP) is 3.13. The number of likely N-dealkylation sites (tertiary alicyclic amines) is 1. The molecule has 2 amide bonds. The Morgan fingerprint density at radius 1 is 1.15 bits per heavy atom. The molecule has 2 aliphatic rings. The van der Waals surface area contributed by atoms with Gasteiger partial charge in [-0.25, -0.2) is 0 Å². The maximum absolute atomic E-state index is 12.8. The first-order valence-electron chi connectivity index (χ1n) is 9.33. The van der Waals surface area contributed by atoms with E-state index in [4.69, 9.17) is 0 Å². The molecular weight excluding hydrogens is 344 g/mol. The third-order valence-corrected chi connectivity index (χ3v) is 6.50. The van der Waals surface area contributed by atoms with E-state index in [0.29, 0.717) is 19.5 Å². The summed E-state index contributed by atoms with van der Waals surface area (Å²) in [7, 11) is 0. The first-order valence-corrected chi connectivity index (χ1v) is 10.2. The van der Waals surface area contributed by atoms with Crippen molar-refractivity contribution >= 4 is 23.2 Å². The van der Waals surface area contributed by atoms with Gasteiger partial charge in [0, 0.05) is 23.4 Å². The van der Waals surface area contributed by atoms with E-state index >= 15 is 0 Å². The largest absolute Gasteiger partial charge is 0.353 e. The van der Waals surface area contributed by atoms with Gasteiger partial charge in [-0.15, -0.1) is 11.3 Å². The number of hydrogen-bond acceptors (Lipinski definition) is 3. The highest BCUT2D eigenvalue weighted by Gasteiger charge is 2.45. The number of nitrogens with one attached hydrogen (secondary N) is 1. The molecule has 1 N–H and O–H groups in total. The van der Waals surface area contributed by atoms with E-state index in [2.05, 4.69) is 29.6 Å². The lowest BCUT2D eigenvalue weighted by Crippen LogP contribution is -2.47. The zero-order valence-corrected chi connectivity index (χ0v) is 15.6. The van der Waals surface area contributed by atoms with Gasteiger partial charge >= 0.3 is 0 Å². The van der Waals surface area contributed by atoms with Crippen molar-refractivity contribution in [2.45, 2.75) is 43.6 Å². The van der Waals surface area contributed by atoms with Crippen LogP contribution in [0.25, 0.3) is 0 Å². The molecule has 5 heteroatoms. The highest BCUT2D eigenvalue weighted by atomic mass is 32.1. The Balaban J connectivity index is 1.36. The summed E-state index contributed by atoms with van der Waals surface area (Å²) in [6, 6.07) is 14.0. The van der Waals surface area contributed by atoms with Crippen molar-refractivity contribution in [3.8, 4) is 0 Å². The van der Waals surface area contributed by atoms with Gasteiger partial charge in [0.1, 0.15) is 6.04 Å². The van der Waals surface area contributed by atoms with E-state index in [-0.39, 0.29) is 23.3 Å². The number of hydrogen-bond donors (Lipinski definition) is 1. The minimum atomic E-state index is -0.311. The Bertz CT molecular complexity index is 769. The Hall–Kier alpha value is -2.14. The summed E-state index contributed by atoms with van der Waals surface area (Å²) >= 11 is 1.59. The smallest absolute Gasteiger partial charge is 0.242 e. The predicted molar refractivity (Wildman–Crippen MR) is 103 cm³/mol. The molecule has 26 heavy (non-hydrogen) atoms. The van der Waals surface area contributed by atoms with E-state index in [1.807, 2.05) is 23.6 Å². The Labute approximate surface area is 158 Å². The van der Waals surface area contributed by atoms with Gasteiger partial charge in [0.25, 0.3) is 0 Å². The Kier molecular flexibility index (Phi) is 4.81. The average Bonchev–Trinajstić information content (AvgIpc) is 3.06. The molecule has 1 aromatic carbocycles. The quantitative estimate of drug-likeness (QED) is 0.852. The third kappa shape index (κ3) is 3.54. The molecule has 1 unspecified atom stereocenters. The first-order chi connectivity index (χ1) is 12.7. The highest BCUT2D eigenvalue weighted by molar-refractivity contribution is 7.10. The van der Waals surface area contributed by atoms with Gasteiger partial charge in [0.2, 0.25) is 11.8 Å². The summed E-state index contributed by atoms with van der Waals surface area (Å²) < 4.78 is 0. The molecule has 1 aromatic heterocycles. The van der Waals surface area contributed by atoms with Crippen LogP contribution in [-0.4, -0.2) is 35.8 Å². The summed E-state index contributed by atoms with van der Waals surface area (Å²) in [5, 5.41) is 5.12. The number of carbonyl (C=O) groups is 2. The second kappa shape index (κ2) is 7.23. The minimum Gasteiger partial charge on any atom is -0.353 e. The number of rotatable bonds is 6. The van der Waals surface area contributed by atoms with Crippen LogP contribution in [0, 0.1) is 0 Å². The third-order valence-electron chi connectivity index (χ3n) is 5.62. The second-order valence-electron chi connectivity index (χ2n) is 7.37. The van der Waals surface area contributed by atoms with Crippen molar-refractivity contribution in [1.82, 2.24) is 10.2 Å². The van der Waals surface area contributed by atoms with Crippen LogP contribution >= 0.6 is 11.3 Å². The molecular formula is C21H24N2O2S.